The van der Waals surface area contributed by atoms with Crippen molar-refractivity contribution in [3.05, 3.63) is 29.3 Å². The highest BCUT2D eigenvalue weighted by atomic mass is 35.5. The molecule has 1 aliphatic heterocycles. The molecule has 1 aliphatic rings. The minimum Gasteiger partial charge on any atom is -0.368 e. The van der Waals surface area contributed by atoms with E-state index in [1.54, 1.807) is 12.1 Å². The first kappa shape index (κ1) is 15.9. The van der Waals surface area contributed by atoms with Gasteiger partial charge in [-0.15, -0.1) is 0 Å². The predicted octanol–water partition coefficient (Wildman–Crippen LogP) is 3.33. The van der Waals surface area contributed by atoms with E-state index in [1.807, 2.05) is 12.1 Å². The second-order valence-corrected chi connectivity index (χ2v) is 5.40. The highest BCUT2D eigenvalue weighted by molar-refractivity contribution is 6.30. The van der Waals surface area contributed by atoms with E-state index in [2.05, 4.69) is 4.90 Å². The highest BCUT2D eigenvalue weighted by Crippen LogP contribution is 2.23. The van der Waals surface area contributed by atoms with Gasteiger partial charge in [0.25, 0.3) is 0 Å². The molecule has 0 bridgehead atoms. The maximum Gasteiger partial charge on any atom is 0.389 e. The Labute approximate surface area is 126 Å². The van der Waals surface area contributed by atoms with Crippen LogP contribution in [0.25, 0.3) is 0 Å². The van der Waals surface area contributed by atoms with Crippen LogP contribution in [0.3, 0.4) is 0 Å². The van der Waals surface area contributed by atoms with Crippen molar-refractivity contribution < 1.29 is 18.0 Å². The molecule has 0 N–H and O–H groups in total. The second-order valence-electron chi connectivity index (χ2n) is 4.96. The van der Waals surface area contributed by atoms with Gasteiger partial charge in [-0.1, -0.05) is 11.6 Å². The topological polar surface area (TPSA) is 23.6 Å². The first-order chi connectivity index (χ1) is 9.85. The normalized spacial score (nSPS) is 16.2. The van der Waals surface area contributed by atoms with Crippen LogP contribution in [-0.4, -0.2) is 43.2 Å². The molecule has 0 spiro atoms. The van der Waals surface area contributed by atoms with E-state index in [0.717, 1.165) is 5.69 Å². The van der Waals surface area contributed by atoms with Gasteiger partial charge >= 0.3 is 6.18 Å². The van der Waals surface area contributed by atoms with Gasteiger partial charge in [-0.3, -0.25) is 4.79 Å². The molecule has 2 rings (SSSR count). The van der Waals surface area contributed by atoms with Crippen LogP contribution >= 0.6 is 11.6 Å². The number of hydrogen-bond donors (Lipinski definition) is 0. The summed E-state index contributed by atoms with van der Waals surface area (Å²) in [6.45, 7) is 2.11. The fourth-order valence-electron chi connectivity index (χ4n) is 2.27. The van der Waals surface area contributed by atoms with Gasteiger partial charge < -0.3 is 9.80 Å². The molecular formula is C14H16ClF3N2O. The quantitative estimate of drug-likeness (QED) is 0.853. The highest BCUT2D eigenvalue weighted by Gasteiger charge is 2.30. The third-order valence-corrected chi connectivity index (χ3v) is 3.70. The third kappa shape index (κ3) is 4.81. The summed E-state index contributed by atoms with van der Waals surface area (Å²) in [5.74, 6) is -0.428. The number of piperazine rings is 1. The Morgan fingerprint density at radius 1 is 1.10 bits per heavy atom. The third-order valence-electron chi connectivity index (χ3n) is 3.45. The van der Waals surface area contributed by atoms with E-state index in [4.69, 9.17) is 11.6 Å². The number of benzene rings is 1. The van der Waals surface area contributed by atoms with E-state index in [-0.39, 0.29) is 0 Å². The smallest absolute Gasteiger partial charge is 0.368 e. The molecule has 0 saturated carbocycles. The average molecular weight is 321 g/mol. The van der Waals surface area contributed by atoms with E-state index in [9.17, 15) is 18.0 Å². The summed E-state index contributed by atoms with van der Waals surface area (Å²) < 4.78 is 36.3. The minimum atomic E-state index is -4.28. The molecule has 0 aliphatic carbocycles. The number of anilines is 1. The van der Waals surface area contributed by atoms with Crippen molar-refractivity contribution in [2.24, 2.45) is 0 Å². The molecule has 1 heterocycles. The first-order valence-corrected chi connectivity index (χ1v) is 7.08. The van der Waals surface area contributed by atoms with Crippen molar-refractivity contribution in [1.29, 1.82) is 0 Å². The Balaban J connectivity index is 1.82. The molecule has 1 saturated heterocycles. The fraction of sp³-hybridized carbons (Fsp3) is 0.500. The molecule has 116 valence electrons. The zero-order valence-electron chi connectivity index (χ0n) is 11.4. The van der Waals surface area contributed by atoms with Gasteiger partial charge in [0.15, 0.2) is 0 Å². The lowest BCUT2D eigenvalue weighted by Crippen LogP contribution is -2.48. The van der Waals surface area contributed by atoms with E-state index in [1.165, 1.54) is 4.90 Å². The van der Waals surface area contributed by atoms with Crippen LogP contribution in [0, 0.1) is 0 Å². The molecule has 0 radical (unpaired) electrons. The zero-order chi connectivity index (χ0) is 15.5. The summed E-state index contributed by atoms with van der Waals surface area (Å²) in [4.78, 5) is 15.3. The largest absolute Gasteiger partial charge is 0.389 e. The van der Waals surface area contributed by atoms with Gasteiger partial charge in [0.2, 0.25) is 5.91 Å². The van der Waals surface area contributed by atoms with Crippen LogP contribution in [0.15, 0.2) is 24.3 Å². The van der Waals surface area contributed by atoms with Gasteiger partial charge in [0.05, 0.1) is 6.42 Å². The number of carbonyl (C=O) groups excluding carboxylic acids is 1. The SMILES string of the molecule is O=C(CCC(F)(F)F)N1CCN(c2ccc(Cl)cc2)CC1. The molecule has 0 unspecified atom stereocenters. The number of rotatable bonds is 3. The van der Waals surface area contributed by atoms with Crippen LogP contribution in [0.5, 0.6) is 0 Å². The van der Waals surface area contributed by atoms with Crippen molar-refractivity contribution in [3.8, 4) is 0 Å². The van der Waals surface area contributed by atoms with Gasteiger partial charge in [0.1, 0.15) is 0 Å². The second kappa shape index (κ2) is 6.56. The fourth-order valence-corrected chi connectivity index (χ4v) is 2.40. The van der Waals surface area contributed by atoms with Crippen molar-refractivity contribution in [1.82, 2.24) is 4.90 Å². The Kier molecular flexibility index (Phi) is 4.98. The molecule has 1 aromatic rings. The zero-order valence-corrected chi connectivity index (χ0v) is 12.1. The molecule has 1 fully saturated rings. The lowest BCUT2D eigenvalue weighted by atomic mass is 10.2. The Morgan fingerprint density at radius 2 is 1.67 bits per heavy atom. The Hall–Kier alpha value is -1.43. The van der Waals surface area contributed by atoms with Crippen molar-refractivity contribution in [2.45, 2.75) is 19.0 Å². The number of nitrogens with zero attached hydrogens (tertiary/aromatic N) is 2. The first-order valence-electron chi connectivity index (χ1n) is 6.70. The lowest BCUT2D eigenvalue weighted by Gasteiger charge is -2.36. The molecule has 7 heteroatoms. The lowest BCUT2D eigenvalue weighted by molar-refractivity contribution is -0.149. The van der Waals surface area contributed by atoms with Gasteiger partial charge in [-0.05, 0) is 24.3 Å². The van der Waals surface area contributed by atoms with Crippen molar-refractivity contribution in [3.63, 3.8) is 0 Å². The Morgan fingerprint density at radius 3 is 2.19 bits per heavy atom. The minimum absolute atomic E-state index is 0.428. The molecule has 1 aromatic carbocycles. The van der Waals surface area contributed by atoms with Crippen LogP contribution < -0.4 is 4.90 Å². The molecule has 0 atom stereocenters. The van der Waals surface area contributed by atoms with Gasteiger partial charge in [0, 0.05) is 43.3 Å². The van der Waals surface area contributed by atoms with E-state index < -0.39 is 24.9 Å². The van der Waals surface area contributed by atoms with E-state index >= 15 is 0 Å². The van der Waals surface area contributed by atoms with Crippen LogP contribution in [0.1, 0.15) is 12.8 Å². The monoisotopic (exact) mass is 320 g/mol. The Bertz CT molecular complexity index is 482. The van der Waals surface area contributed by atoms with Crippen molar-refractivity contribution >= 4 is 23.2 Å². The molecule has 21 heavy (non-hydrogen) atoms. The summed E-state index contributed by atoms with van der Waals surface area (Å²) in [6, 6.07) is 7.36. The molecular weight excluding hydrogens is 305 g/mol. The van der Waals surface area contributed by atoms with Crippen molar-refractivity contribution in [2.75, 3.05) is 31.1 Å². The molecule has 1 amide bonds. The van der Waals surface area contributed by atoms with Crippen LogP contribution in [0.4, 0.5) is 18.9 Å². The summed E-state index contributed by atoms with van der Waals surface area (Å²) in [7, 11) is 0. The molecule has 3 nitrogen and oxygen atoms in total. The summed E-state index contributed by atoms with van der Waals surface area (Å²) in [5.41, 5.74) is 1.00. The number of amides is 1. The summed E-state index contributed by atoms with van der Waals surface area (Å²) in [6.07, 6.45) is -5.80. The standard InChI is InChI=1S/C14H16ClF3N2O/c15-11-1-3-12(4-2-11)19-7-9-20(10-8-19)13(21)5-6-14(16,17)18/h1-4H,5-10H2. The van der Waals surface area contributed by atoms with Crippen LogP contribution in [-0.2, 0) is 4.79 Å². The number of alkyl halides is 3. The number of halogens is 4. The summed E-state index contributed by atoms with van der Waals surface area (Å²) >= 11 is 5.82. The maximum absolute atomic E-state index is 12.1. The van der Waals surface area contributed by atoms with Crippen LogP contribution in [0.2, 0.25) is 5.02 Å². The molecule has 0 aromatic heterocycles. The van der Waals surface area contributed by atoms with Gasteiger partial charge in [-0.25, -0.2) is 0 Å². The predicted molar refractivity (Wildman–Crippen MR) is 75.5 cm³/mol. The number of hydrogen-bond acceptors (Lipinski definition) is 2. The average Bonchev–Trinajstić information content (AvgIpc) is 2.45. The summed E-state index contributed by atoms with van der Waals surface area (Å²) in [5, 5.41) is 0.653. The number of carbonyl (C=O) groups is 1. The van der Waals surface area contributed by atoms with Gasteiger partial charge in [-0.2, -0.15) is 13.2 Å². The van der Waals surface area contributed by atoms with E-state index in [0.29, 0.717) is 31.2 Å². The maximum atomic E-state index is 12.1.